The summed E-state index contributed by atoms with van der Waals surface area (Å²) >= 11 is 0. The van der Waals surface area contributed by atoms with Gasteiger partial charge in [0.15, 0.2) is 0 Å². The van der Waals surface area contributed by atoms with Gasteiger partial charge in [0.1, 0.15) is 11.8 Å². The third kappa shape index (κ3) is 6.54. The molecule has 0 unspecified atom stereocenters. The van der Waals surface area contributed by atoms with Crippen molar-refractivity contribution in [2.45, 2.75) is 19.5 Å². The first-order valence-electron chi connectivity index (χ1n) is 10.6. The van der Waals surface area contributed by atoms with Crippen LogP contribution in [0, 0.1) is 0 Å². The maximum atomic E-state index is 13.3. The number of methoxy groups -OCH3 is 1. The first-order valence-corrected chi connectivity index (χ1v) is 10.6. The van der Waals surface area contributed by atoms with Crippen LogP contribution in [-0.4, -0.2) is 68.1 Å². The number of ether oxygens (including phenoxy) is 2. The van der Waals surface area contributed by atoms with Crippen molar-refractivity contribution in [3.05, 3.63) is 65.7 Å². The monoisotopic (exact) mass is 425 g/mol. The summed E-state index contributed by atoms with van der Waals surface area (Å²) in [5.41, 5.74) is 1.72. The normalized spacial score (nSPS) is 15.2. The molecule has 166 valence electrons. The lowest BCUT2D eigenvalue weighted by molar-refractivity contribution is -0.140. The average molecular weight is 426 g/mol. The van der Waals surface area contributed by atoms with E-state index in [0.717, 1.165) is 49.7 Å². The molecule has 31 heavy (non-hydrogen) atoms. The summed E-state index contributed by atoms with van der Waals surface area (Å²) in [5, 5.41) is 3.03. The predicted octanol–water partition coefficient (Wildman–Crippen LogP) is 2.23. The highest BCUT2D eigenvalue weighted by molar-refractivity contribution is 5.88. The van der Waals surface area contributed by atoms with Gasteiger partial charge in [-0.2, -0.15) is 0 Å². The lowest BCUT2D eigenvalue weighted by Crippen LogP contribution is -2.45. The summed E-state index contributed by atoms with van der Waals surface area (Å²) in [6, 6.07) is 16.3. The lowest BCUT2D eigenvalue weighted by atomic mass is 10.0. The van der Waals surface area contributed by atoms with Gasteiger partial charge in [-0.1, -0.05) is 42.5 Å². The van der Waals surface area contributed by atoms with E-state index in [4.69, 9.17) is 9.47 Å². The number of hydrogen-bond donors (Lipinski definition) is 1. The number of carbonyl (C=O) groups excluding carboxylic acids is 2. The highest BCUT2D eigenvalue weighted by atomic mass is 16.5. The van der Waals surface area contributed by atoms with Crippen molar-refractivity contribution in [1.82, 2.24) is 15.1 Å². The molecule has 1 heterocycles. The molecular weight excluding hydrogens is 394 g/mol. The van der Waals surface area contributed by atoms with Gasteiger partial charge in [0.25, 0.3) is 0 Å². The number of carbonyl (C=O) groups is 2. The molecule has 2 amide bonds. The molecule has 0 bridgehead atoms. The highest BCUT2D eigenvalue weighted by Crippen LogP contribution is 2.24. The Hall–Kier alpha value is -2.90. The molecular formula is C24H31N3O4. The zero-order valence-corrected chi connectivity index (χ0v) is 18.3. The summed E-state index contributed by atoms with van der Waals surface area (Å²) in [7, 11) is 1.61. The van der Waals surface area contributed by atoms with E-state index < -0.39 is 6.04 Å². The van der Waals surface area contributed by atoms with Gasteiger partial charge in [0, 0.05) is 39.6 Å². The fourth-order valence-corrected chi connectivity index (χ4v) is 3.68. The Kier molecular flexibility index (Phi) is 8.44. The molecule has 0 aliphatic carbocycles. The second kappa shape index (κ2) is 11.5. The second-order valence-electron chi connectivity index (χ2n) is 7.55. The van der Waals surface area contributed by atoms with Gasteiger partial charge < -0.3 is 19.7 Å². The lowest BCUT2D eigenvalue weighted by Gasteiger charge is -2.31. The Labute approximate surface area is 183 Å². The number of nitrogens with zero attached hydrogens (tertiary/aromatic N) is 2. The van der Waals surface area contributed by atoms with E-state index in [2.05, 4.69) is 10.2 Å². The summed E-state index contributed by atoms with van der Waals surface area (Å²) < 4.78 is 10.6. The van der Waals surface area contributed by atoms with Crippen LogP contribution in [0.1, 0.15) is 24.1 Å². The van der Waals surface area contributed by atoms with Crippen LogP contribution in [0.15, 0.2) is 54.6 Å². The minimum absolute atomic E-state index is 0.159. The highest BCUT2D eigenvalue weighted by Gasteiger charge is 2.29. The van der Waals surface area contributed by atoms with Crippen LogP contribution >= 0.6 is 0 Å². The number of morpholine rings is 1. The van der Waals surface area contributed by atoms with E-state index in [0.29, 0.717) is 13.1 Å². The van der Waals surface area contributed by atoms with Crippen LogP contribution in [0.2, 0.25) is 0 Å². The molecule has 2 aromatic rings. The zero-order valence-electron chi connectivity index (χ0n) is 18.3. The fraction of sp³-hybridized carbons (Fsp3) is 0.417. The minimum Gasteiger partial charge on any atom is -0.497 e. The molecule has 0 radical (unpaired) electrons. The third-order valence-electron chi connectivity index (χ3n) is 5.42. The Balaban J connectivity index is 1.74. The average Bonchev–Trinajstić information content (AvgIpc) is 2.80. The second-order valence-corrected chi connectivity index (χ2v) is 7.55. The summed E-state index contributed by atoms with van der Waals surface area (Å²) in [4.78, 5) is 29.7. The third-order valence-corrected chi connectivity index (χ3v) is 5.42. The van der Waals surface area contributed by atoms with Crippen LogP contribution in [0.4, 0.5) is 0 Å². The molecule has 1 aliphatic heterocycles. The molecule has 0 saturated carbocycles. The van der Waals surface area contributed by atoms with Gasteiger partial charge in [0.05, 0.1) is 20.3 Å². The molecule has 1 fully saturated rings. The molecule has 1 aliphatic rings. The van der Waals surface area contributed by atoms with Gasteiger partial charge in [0.2, 0.25) is 11.8 Å². The van der Waals surface area contributed by atoms with E-state index in [1.54, 1.807) is 12.0 Å². The van der Waals surface area contributed by atoms with E-state index in [1.165, 1.54) is 6.92 Å². The summed E-state index contributed by atoms with van der Waals surface area (Å²) in [5.74, 6) is 0.412. The van der Waals surface area contributed by atoms with Crippen LogP contribution in [0.5, 0.6) is 5.75 Å². The number of rotatable bonds is 9. The van der Waals surface area contributed by atoms with Crippen molar-refractivity contribution in [3.63, 3.8) is 0 Å². The van der Waals surface area contributed by atoms with E-state index in [1.807, 2.05) is 54.6 Å². The van der Waals surface area contributed by atoms with Crippen LogP contribution in [0.3, 0.4) is 0 Å². The molecule has 7 nitrogen and oxygen atoms in total. The number of nitrogens with one attached hydrogen (secondary N) is 1. The van der Waals surface area contributed by atoms with Gasteiger partial charge in [-0.15, -0.1) is 0 Å². The van der Waals surface area contributed by atoms with Crippen molar-refractivity contribution in [2.24, 2.45) is 0 Å². The molecule has 2 aromatic carbocycles. The fourth-order valence-electron chi connectivity index (χ4n) is 3.68. The Morgan fingerprint density at radius 2 is 1.77 bits per heavy atom. The molecule has 1 atom stereocenters. The van der Waals surface area contributed by atoms with Gasteiger partial charge in [-0.05, 0) is 23.3 Å². The van der Waals surface area contributed by atoms with E-state index in [-0.39, 0.29) is 11.8 Å². The molecule has 7 heteroatoms. The van der Waals surface area contributed by atoms with Crippen LogP contribution in [0.25, 0.3) is 0 Å². The standard InChI is InChI=1S/C24H31N3O4/c1-19(28)27(18-20-8-10-22(30-2)11-9-20)23(21-6-4-3-5-7-21)24(29)25-12-13-26-14-16-31-17-15-26/h3-11,23H,12-18H2,1-2H3,(H,25,29)/t23-/m0/s1. The topological polar surface area (TPSA) is 71.1 Å². The Bertz CT molecular complexity index is 836. The number of amides is 2. The van der Waals surface area contributed by atoms with E-state index in [9.17, 15) is 9.59 Å². The Morgan fingerprint density at radius 1 is 1.10 bits per heavy atom. The van der Waals surface area contributed by atoms with Crippen molar-refractivity contribution in [1.29, 1.82) is 0 Å². The van der Waals surface area contributed by atoms with Gasteiger partial charge in [-0.3, -0.25) is 14.5 Å². The van der Waals surface area contributed by atoms with E-state index >= 15 is 0 Å². The first kappa shape index (κ1) is 22.8. The quantitative estimate of drug-likeness (QED) is 0.667. The van der Waals surface area contributed by atoms with Gasteiger partial charge in [-0.25, -0.2) is 0 Å². The minimum atomic E-state index is -0.703. The van der Waals surface area contributed by atoms with Gasteiger partial charge >= 0.3 is 0 Å². The first-order chi connectivity index (χ1) is 15.1. The number of benzene rings is 2. The SMILES string of the molecule is COc1ccc(CN(C(C)=O)[C@H](C(=O)NCCN2CCOCC2)c2ccccc2)cc1. The van der Waals surface area contributed by atoms with Crippen molar-refractivity contribution < 1.29 is 19.1 Å². The van der Waals surface area contributed by atoms with Crippen molar-refractivity contribution >= 4 is 11.8 Å². The maximum absolute atomic E-state index is 13.3. The largest absolute Gasteiger partial charge is 0.497 e. The predicted molar refractivity (Wildman–Crippen MR) is 119 cm³/mol. The summed E-state index contributed by atoms with van der Waals surface area (Å²) in [6.07, 6.45) is 0. The maximum Gasteiger partial charge on any atom is 0.247 e. The molecule has 0 aromatic heterocycles. The summed E-state index contributed by atoms with van der Waals surface area (Å²) in [6.45, 7) is 6.30. The van der Waals surface area contributed by atoms with Crippen molar-refractivity contribution in [2.75, 3.05) is 46.5 Å². The molecule has 0 spiro atoms. The molecule has 1 N–H and O–H groups in total. The van der Waals surface area contributed by atoms with Crippen LogP contribution in [-0.2, 0) is 20.9 Å². The number of hydrogen-bond acceptors (Lipinski definition) is 5. The molecule has 1 saturated heterocycles. The zero-order chi connectivity index (χ0) is 22.1. The van der Waals surface area contributed by atoms with Crippen molar-refractivity contribution in [3.8, 4) is 5.75 Å². The Morgan fingerprint density at radius 3 is 2.39 bits per heavy atom. The smallest absolute Gasteiger partial charge is 0.247 e. The molecule has 3 rings (SSSR count). The van der Waals surface area contributed by atoms with Crippen LogP contribution < -0.4 is 10.1 Å².